The van der Waals surface area contributed by atoms with Crippen LogP contribution in [0.1, 0.15) is 0 Å². The molecule has 0 unspecified atom stereocenters. The fourth-order valence-electron chi connectivity index (χ4n) is 5.30. The fourth-order valence-corrected chi connectivity index (χ4v) is 6.10. The lowest BCUT2D eigenvalue weighted by Gasteiger charge is -2.12. The molecular weight excluding hydrogens is 458 g/mol. The molecule has 0 radical (unpaired) electrons. The van der Waals surface area contributed by atoms with Crippen molar-refractivity contribution >= 4 is 60.5 Å². The van der Waals surface area contributed by atoms with Crippen molar-refractivity contribution in [3.8, 4) is 5.69 Å². The summed E-state index contributed by atoms with van der Waals surface area (Å²) in [6.45, 7) is 4.90. The predicted molar refractivity (Wildman–Crippen MR) is 156 cm³/mol. The van der Waals surface area contributed by atoms with E-state index in [4.69, 9.17) is 4.99 Å². The van der Waals surface area contributed by atoms with Crippen LogP contribution in [0, 0.1) is 0 Å². The van der Waals surface area contributed by atoms with Crippen molar-refractivity contribution in [3.05, 3.63) is 127 Å². The van der Waals surface area contributed by atoms with E-state index in [1.165, 1.54) is 38.1 Å². The second kappa shape index (κ2) is 8.43. The molecule has 0 bridgehead atoms. The van der Waals surface area contributed by atoms with Gasteiger partial charge in [0.25, 0.3) is 0 Å². The van der Waals surface area contributed by atoms with E-state index in [-0.39, 0.29) is 0 Å². The SMILES string of the molecule is C=C1/C=C\C=C/C/N=C(/n2c3ccccc3c3ccc4c(c5ccccc5n4-c4ccccc4)c32)S1. The Morgan fingerprint density at radius 1 is 0.667 bits per heavy atom. The van der Waals surface area contributed by atoms with Gasteiger partial charge in [-0.15, -0.1) is 0 Å². The lowest BCUT2D eigenvalue weighted by atomic mass is 10.1. The van der Waals surface area contributed by atoms with Gasteiger partial charge in [0, 0.05) is 32.1 Å². The van der Waals surface area contributed by atoms with E-state index in [1.807, 2.05) is 18.2 Å². The van der Waals surface area contributed by atoms with Crippen molar-refractivity contribution in [2.75, 3.05) is 6.54 Å². The summed E-state index contributed by atoms with van der Waals surface area (Å²) in [5.74, 6) is 0. The van der Waals surface area contributed by atoms with Crippen LogP contribution in [0.3, 0.4) is 0 Å². The highest BCUT2D eigenvalue weighted by Crippen LogP contribution is 2.41. The number of aliphatic imine (C=N–C) groups is 1. The highest BCUT2D eigenvalue weighted by atomic mass is 32.2. The van der Waals surface area contributed by atoms with Gasteiger partial charge in [-0.1, -0.05) is 97.2 Å². The van der Waals surface area contributed by atoms with Crippen LogP contribution >= 0.6 is 11.8 Å². The minimum atomic E-state index is 0.621. The van der Waals surface area contributed by atoms with Crippen LogP contribution in [-0.4, -0.2) is 20.8 Å². The van der Waals surface area contributed by atoms with Gasteiger partial charge in [0.05, 0.1) is 28.6 Å². The minimum absolute atomic E-state index is 0.621. The Hall–Kier alpha value is -4.28. The van der Waals surface area contributed by atoms with Crippen molar-refractivity contribution < 1.29 is 0 Å². The molecule has 172 valence electrons. The smallest absolute Gasteiger partial charge is 0.173 e. The number of nitrogens with zero attached hydrogens (tertiary/aromatic N) is 3. The number of fused-ring (bicyclic) bond motifs is 7. The third kappa shape index (κ3) is 3.19. The number of hydrogen-bond donors (Lipinski definition) is 0. The Morgan fingerprint density at radius 2 is 1.39 bits per heavy atom. The molecule has 3 nitrogen and oxygen atoms in total. The molecule has 4 heteroatoms. The summed E-state index contributed by atoms with van der Waals surface area (Å²) in [6, 6.07) is 32.5. The Morgan fingerprint density at radius 3 is 2.22 bits per heavy atom. The fraction of sp³-hybridized carbons (Fsp3) is 0.0312. The summed E-state index contributed by atoms with van der Waals surface area (Å²) in [7, 11) is 0. The normalized spacial score (nSPS) is 17.7. The standard InChI is InChI=1S/C32H23N3S/c1-22-12-4-3-11-21-33-32(36-22)35-27-17-9-7-15-24(27)25-19-20-29-30(31(25)35)26-16-8-10-18-28(26)34(29)23-13-5-2-6-14-23/h2-20H,1,21H2/b11-3-,12-4-,33-32-. The summed E-state index contributed by atoms with van der Waals surface area (Å²) in [6.07, 6.45) is 8.20. The van der Waals surface area contributed by atoms with E-state index in [1.54, 1.807) is 11.8 Å². The molecule has 0 fully saturated rings. The van der Waals surface area contributed by atoms with Gasteiger partial charge in [0.15, 0.2) is 5.17 Å². The summed E-state index contributed by atoms with van der Waals surface area (Å²) in [5, 5.41) is 5.87. The molecule has 0 saturated heterocycles. The summed E-state index contributed by atoms with van der Waals surface area (Å²) in [4.78, 5) is 6.00. The summed E-state index contributed by atoms with van der Waals surface area (Å²) >= 11 is 1.62. The molecule has 0 atom stereocenters. The number of thioether (sulfide) groups is 1. The molecule has 0 amide bonds. The Bertz CT molecular complexity index is 1900. The van der Waals surface area contributed by atoms with Crippen LogP contribution in [0.4, 0.5) is 0 Å². The third-order valence-electron chi connectivity index (χ3n) is 6.76. The van der Waals surface area contributed by atoms with Gasteiger partial charge < -0.3 is 4.57 Å². The molecule has 0 spiro atoms. The van der Waals surface area contributed by atoms with Crippen molar-refractivity contribution in [1.29, 1.82) is 0 Å². The zero-order valence-electron chi connectivity index (χ0n) is 19.6. The topological polar surface area (TPSA) is 22.2 Å². The highest BCUT2D eigenvalue weighted by molar-refractivity contribution is 8.17. The van der Waals surface area contributed by atoms with Gasteiger partial charge in [-0.3, -0.25) is 9.56 Å². The minimum Gasteiger partial charge on any atom is -0.309 e. The van der Waals surface area contributed by atoms with E-state index in [9.17, 15) is 0 Å². The van der Waals surface area contributed by atoms with Crippen molar-refractivity contribution in [3.63, 3.8) is 0 Å². The average molecular weight is 482 g/mol. The predicted octanol–water partition coefficient (Wildman–Crippen LogP) is 8.47. The molecule has 7 rings (SSSR count). The Balaban J connectivity index is 1.68. The van der Waals surface area contributed by atoms with E-state index in [2.05, 4.69) is 113 Å². The number of rotatable bonds is 1. The molecule has 4 aromatic carbocycles. The van der Waals surface area contributed by atoms with Crippen LogP contribution < -0.4 is 0 Å². The van der Waals surface area contributed by atoms with Crippen LogP contribution in [0.2, 0.25) is 0 Å². The molecule has 0 saturated carbocycles. The lowest BCUT2D eigenvalue weighted by Crippen LogP contribution is -2.08. The van der Waals surface area contributed by atoms with Gasteiger partial charge >= 0.3 is 0 Å². The maximum atomic E-state index is 5.04. The molecule has 1 aliphatic heterocycles. The van der Waals surface area contributed by atoms with Crippen molar-refractivity contribution in [2.24, 2.45) is 4.99 Å². The number of aromatic nitrogens is 2. The van der Waals surface area contributed by atoms with Gasteiger partial charge in [0.2, 0.25) is 0 Å². The number of allylic oxidation sites excluding steroid dienone is 3. The summed E-state index contributed by atoms with van der Waals surface area (Å²) in [5.41, 5.74) is 5.88. The van der Waals surface area contributed by atoms with E-state index in [0.717, 1.165) is 21.3 Å². The number of para-hydroxylation sites is 3. The van der Waals surface area contributed by atoms with Gasteiger partial charge in [0.1, 0.15) is 0 Å². The number of benzene rings is 4. The first-order chi connectivity index (χ1) is 17.8. The highest BCUT2D eigenvalue weighted by Gasteiger charge is 2.22. The van der Waals surface area contributed by atoms with Gasteiger partial charge in [-0.25, -0.2) is 0 Å². The lowest BCUT2D eigenvalue weighted by molar-refractivity contribution is 1.18. The van der Waals surface area contributed by atoms with E-state index < -0.39 is 0 Å². The molecule has 1 aliphatic rings. The van der Waals surface area contributed by atoms with Crippen LogP contribution in [0.5, 0.6) is 0 Å². The molecule has 0 N–H and O–H groups in total. The summed E-state index contributed by atoms with van der Waals surface area (Å²) < 4.78 is 4.71. The molecule has 36 heavy (non-hydrogen) atoms. The maximum Gasteiger partial charge on any atom is 0.173 e. The van der Waals surface area contributed by atoms with Crippen molar-refractivity contribution in [2.45, 2.75) is 0 Å². The molecule has 2 aromatic heterocycles. The van der Waals surface area contributed by atoms with E-state index >= 15 is 0 Å². The van der Waals surface area contributed by atoms with Crippen LogP contribution in [-0.2, 0) is 0 Å². The average Bonchev–Trinajstić information content (AvgIpc) is 3.46. The molecule has 6 aromatic rings. The molecular formula is C32H23N3S. The van der Waals surface area contributed by atoms with Gasteiger partial charge in [-0.2, -0.15) is 0 Å². The number of hydrogen-bond acceptors (Lipinski definition) is 2. The first kappa shape index (κ1) is 21.0. The monoisotopic (exact) mass is 481 g/mol. The largest absolute Gasteiger partial charge is 0.309 e. The second-order valence-corrected chi connectivity index (χ2v) is 9.97. The van der Waals surface area contributed by atoms with Gasteiger partial charge in [-0.05, 0) is 36.4 Å². The maximum absolute atomic E-state index is 5.04. The zero-order chi connectivity index (χ0) is 24.1. The molecule has 3 heterocycles. The first-order valence-electron chi connectivity index (χ1n) is 12.1. The van der Waals surface area contributed by atoms with Crippen LogP contribution in [0.25, 0.3) is 49.3 Å². The molecule has 0 aliphatic carbocycles. The second-order valence-electron chi connectivity index (χ2n) is 8.88. The zero-order valence-corrected chi connectivity index (χ0v) is 20.5. The quantitative estimate of drug-likeness (QED) is 0.231. The third-order valence-corrected chi connectivity index (χ3v) is 7.65. The Kier molecular flexibility index (Phi) is 4.93. The van der Waals surface area contributed by atoms with Crippen molar-refractivity contribution in [1.82, 2.24) is 9.13 Å². The van der Waals surface area contributed by atoms with E-state index in [0.29, 0.717) is 6.54 Å². The Labute approximate surface area is 213 Å². The first-order valence-corrected chi connectivity index (χ1v) is 12.9. The van der Waals surface area contributed by atoms with Crippen LogP contribution in [0.15, 0.2) is 132 Å².